The van der Waals surface area contributed by atoms with Crippen LogP contribution in [0.2, 0.25) is 0 Å². The molecule has 2 aromatic rings. The third-order valence-corrected chi connectivity index (χ3v) is 3.98. The van der Waals surface area contributed by atoms with Crippen LogP contribution < -0.4 is 5.32 Å². The Morgan fingerprint density at radius 3 is 2.71 bits per heavy atom. The normalized spacial score (nSPS) is 17.2. The van der Waals surface area contributed by atoms with Gasteiger partial charge >= 0.3 is 0 Å². The van der Waals surface area contributed by atoms with Crippen LogP contribution in [0.5, 0.6) is 0 Å². The van der Waals surface area contributed by atoms with Crippen LogP contribution in [0.1, 0.15) is 25.3 Å². The van der Waals surface area contributed by atoms with Crippen LogP contribution in [0.4, 0.5) is 4.39 Å². The number of hydrogen-bond acceptors (Lipinski definition) is 2. The van der Waals surface area contributed by atoms with Gasteiger partial charge in [0.05, 0.1) is 12.0 Å². The maximum Gasteiger partial charge on any atom is 0.230 e. The molecule has 0 bridgehead atoms. The smallest absolute Gasteiger partial charge is 0.230 e. The third kappa shape index (κ3) is 2.82. The second-order valence-corrected chi connectivity index (χ2v) is 5.69. The molecule has 0 spiro atoms. The minimum atomic E-state index is -0.466. The number of amides is 1. The van der Waals surface area contributed by atoms with Crippen LogP contribution in [0, 0.1) is 5.82 Å². The van der Waals surface area contributed by atoms with Gasteiger partial charge in [0.1, 0.15) is 5.82 Å². The molecule has 0 saturated heterocycles. The lowest BCUT2D eigenvalue weighted by Crippen LogP contribution is -2.42. The maximum absolute atomic E-state index is 13.0. The zero-order chi connectivity index (χ0) is 14.9. The van der Waals surface area contributed by atoms with E-state index in [4.69, 9.17) is 0 Å². The molecule has 1 heterocycles. The molecule has 21 heavy (non-hydrogen) atoms. The molecule has 1 aliphatic carbocycles. The van der Waals surface area contributed by atoms with Crippen molar-refractivity contribution in [3.63, 3.8) is 0 Å². The number of nitrogens with one attached hydrogen (secondary N) is 1. The van der Waals surface area contributed by atoms with Gasteiger partial charge in [-0.2, -0.15) is 5.10 Å². The molecular formula is C16H18FN3O. The van der Waals surface area contributed by atoms with Gasteiger partial charge < -0.3 is 5.32 Å². The standard InChI is InChI=1S/C16H18FN3O/c1-12(11-20-10-2-9-18-20)19-15(21)16(7-8-16)13-3-5-14(17)6-4-13/h2-6,9-10,12H,7-8,11H2,1H3,(H,19,21)/t12-/m0/s1. The molecule has 1 fully saturated rings. The van der Waals surface area contributed by atoms with Crippen molar-refractivity contribution in [1.29, 1.82) is 0 Å². The van der Waals surface area contributed by atoms with Crippen LogP contribution in [0.15, 0.2) is 42.7 Å². The minimum absolute atomic E-state index is 0.00433. The van der Waals surface area contributed by atoms with E-state index in [1.54, 1.807) is 23.0 Å². The number of nitrogens with zero attached hydrogens (tertiary/aromatic N) is 2. The highest BCUT2D eigenvalue weighted by Crippen LogP contribution is 2.48. The van der Waals surface area contributed by atoms with Gasteiger partial charge in [0.15, 0.2) is 0 Å². The van der Waals surface area contributed by atoms with E-state index >= 15 is 0 Å². The first-order valence-corrected chi connectivity index (χ1v) is 7.15. The van der Waals surface area contributed by atoms with Gasteiger partial charge in [0.2, 0.25) is 5.91 Å². The molecular weight excluding hydrogens is 269 g/mol. The molecule has 0 radical (unpaired) electrons. The van der Waals surface area contributed by atoms with Crippen molar-refractivity contribution in [2.24, 2.45) is 0 Å². The lowest BCUT2D eigenvalue weighted by atomic mass is 9.94. The Labute approximate surface area is 123 Å². The molecule has 3 rings (SSSR count). The van der Waals surface area contributed by atoms with Gasteiger partial charge in [0.25, 0.3) is 0 Å². The zero-order valence-electron chi connectivity index (χ0n) is 11.9. The summed E-state index contributed by atoms with van der Waals surface area (Å²) in [4.78, 5) is 12.5. The summed E-state index contributed by atoms with van der Waals surface area (Å²) in [5.41, 5.74) is 0.430. The van der Waals surface area contributed by atoms with E-state index in [2.05, 4.69) is 10.4 Å². The molecule has 1 aromatic heterocycles. The molecule has 5 heteroatoms. The molecule has 0 aliphatic heterocycles. The molecule has 1 atom stereocenters. The van der Waals surface area contributed by atoms with Gasteiger partial charge in [-0.05, 0) is 43.5 Å². The SMILES string of the molecule is C[C@@H](Cn1cccn1)NC(=O)C1(c2ccc(F)cc2)CC1. The lowest BCUT2D eigenvalue weighted by molar-refractivity contribution is -0.124. The summed E-state index contributed by atoms with van der Waals surface area (Å²) in [6.45, 7) is 2.60. The monoisotopic (exact) mass is 287 g/mol. The van der Waals surface area contributed by atoms with Gasteiger partial charge in [-0.3, -0.25) is 9.48 Å². The first kappa shape index (κ1) is 13.8. The largest absolute Gasteiger partial charge is 0.351 e. The lowest BCUT2D eigenvalue weighted by Gasteiger charge is -2.20. The van der Waals surface area contributed by atoms with Crippen molar-refractivity contribution in [3.05, 3.63) is 54.1 Å². The zero-order valence-corrected chi connectivity index (χ0v) is 11.9. The highest BCUT2D eigenvalue weighted by molar-refractivity contribution is 5.91. The van der Waals surface area contributed by atoms with E-state index in [-0.39, 0.29) is 17.8 Å². The van der Waals surface area contributed by atoms with E-state index in [1.807, 2.05) is 19.2 Å². The Hall–Kier alpha value is -2.17. The average molecular weight is 287 g/mol. The summed E-state index contributed by atoms with van der Waals surface area (Å²) in [7, 11) is 0. The van der Waals surface area contributed by atoms with Crippen molar-refractivity contribution in [2.75, 3.05) is 0 Å². The second kappa shape index (κ2) is 5.31. The quantitative estimate of drug-likeness (QED) is 0.917. The van der Waals surface area contributed by atoms with Crippen LogP contribution in [-0.2, 0) is 16.8 Å². The minimum Gasteiger partial charge on any atom is -0.351 e. The van der Waals surface area contributed by atoms with Crippen LogP contribution >= 0.6 is 0 Å². The predicted molar refractivity (Wildman–Crippen MR) is 77.1 cm³/mol. The van der Waals surface area contributed by atoms with Crippen molar-refractivity contribution >= 4 is 5.91 Å². The van der Waals surface area contributed by atoms with Gasteiger partial charge in [-0.25, -0.2) is 4.39 Å². The van der Waals surface area contributed by atoms with E-state index in [1.165, 1.54) is 12.1 Å². The fourth-order valence-corrected chi connectivity index (χ4v) is 2.64. The molecule has 1 aliphatic rings. The van der Waals surface area contributed by atoms with Gasteiger partial charge in [-0.1, -0.05) is 12.1 Å². The van der Waals surface area contributed by atoms with Crippen molar-refractivity contribution in [2.45, 2.75) is 37.8 Å². The van der Waals surface area contributed by atoms with Crippen LogP contribution in [0.3, 0.4) is 0 Å². The third-order valence-electron chi connectivity index (χ3n) is 3.98. The summed E-state index contributed by atoms with van der Waals surface area (Å²) in [5.74, 6) is -0.254. The van der Waals surface area contributed by atoms with Crippen LogP contribution in [-0.4, -0.2) is 21.7 Å². The molecule has 0 unspecified atom stereocenters. The number of rotatable bonds is 5. The fourth-order valence-electron chi connectivity index (χ4n) is 2.64. The highest BCUT2D eigenvalue weighted by Gasteiger charge is 2.51. The first-order chi connectivity index (χ1) is 10.1. The predicted octanol–water partition coefficient (Wildman–Crippen LogP) is 2.26. The first-order valence-electron chi connectivity index (χ1n) is 7.15. The molecule has 1 aromatic carbocycles. The summed E-state index contributed by atoms with van der Waals surface area (Å²) in [5, 5.41) is 7.17. The Balaban J connectivity index is 1.66. The number of carbonyl (C=O) groups is 1. The number of halogens is 1. The average Bonchev–Trinajstić information content (AvgIpc) is 3.12. The number of carbonyl (C=O) groups excluding carboxylic acids is 1. The molecule has 1 amide bonds. The Morgan fingerprint density at radius 1 is 1.43 bits per heavy atom. The molecule has 1 saturated carbocycles. The second-order valence-electron chi connectivity index (χ2n) is 5.69. The van der Waals surface area contributed by atoms with Gasteiger partial charge in [0, 0.05) is 18.4 Å². The highest BCUT2D eigenvalue weighted by atomic mass is 19.1. The van der Waals surface area contributed by atoms with Crippen LogP contribution in [0.25, 0.3) is 0 Å². The van der Waals surface area contributed by atoms with Crippen molar-refractivity contribution in [1.82, 2.24) is 15.1 Å². The summed E-state index contributed by atoms with van der Waals surface area (Å²) in [6.07, 6.45) is 5.23. The molecule has 4 nitrogen and oxygen atoms in total. The van der Waals surface area contributed by atoms with E-state index < -0.39 is 5.41 Å². The summed E-state index contributed by atoms with van der Waals surface area (Å²) >= 11 is 0. The Morgan fingerprint density at radius 2 is 2.14 bits per heavy atom. The van der Waals surface area contributed by atoms with E-state index in [9.17, 15) is 9.18 Å². The molecule has 110 valence electrons. The molecule has 1 N–H and O–H groups in total. The fraction of sp³-hybridized carbons (Fsp3) is 0.375. The summed E-state index contributed by atoms with van der Waals surface area (Å²) in [6, 6.07) is 8.09. The van der Waals surface area contributed by atoms with Crippen molar-refractivity contribution in [3.8, 4) is 0 Å². The Bertz CT molecular complexity index is 617. The topological polar surface area (TPSA) is 46.9 Å². The van der Waals surface area contributed by atoms with Gasteiger partial charge in [-0.15, -0.1) is 0 Å². The number of aromatic nitrogens is 2. The number of hydrogen-bond donors (Lipinski definition) is 1. The van der Waals surface area contributed by atoms with E-state index in [0.717, 1.165) is 18.4 Å². The van der Waals surface area contributed by atoms with Crippen molar-refractivity contribution < 1.29 is 9.18 Å². The summed E-state index contributed by atoms with van der Waals surface area (Å²) < 4.78 is 14.8. The number of benzene rings is 1. The van der Waals surface area contributed by atoms with E-state index in [0.29, 0.717) is 6.54 Å². The Kier molecular flexibility index (Phi) is 3.49. The maximum atomic E-state index is 13.0.